The van der Waals surface area contributed by atoms with Crippen LogP contribution in [0.2, 0.25) is 0 Å². The summed E-state index contributed by atoms with van der Waals surface area (Å²) >= 11 is 0. The summed E-state index contributed by atoms with van der Waals surface area (Å²) in [5.41, 5.74) is 1.54. The average molecular weight is 290 g/mol. The van der Waals surface area contributed by atoms with Gasteiger partial charge in [-0.3, -0.25) is 4.79 Å². The van der Waals surface area contributed by atoms with Crippen LogP contribution < -0.4 is 0 Å². The van der Waals surface area contributed by atoms with E-state index in [1.807, 2.05) is 24.3 Å². The lowest BCUT2D eigenvalue weighted by Gasteiger charge is -2.24. The van der Waals surface area contributed by atoms with Crippen molar-refractivity contribution in [3.8, 4) is 0 Å². The molecule has 1 aliphatic rings. The van der Waals surface area contributed by atoms with Crippen molar-refractivity contribution in [1.29, 1.82) is 0 Å². The van der Waals surface area contributed by atoms with E-state index in [1.165, 1.54) is 0 Å². The van der Waals surface area contributed by atoms with Crippen LogP contribution in [-0.2, 0) is 6.42 Å². The molecule has 0 saturated heterocycles. The molecule has 1 atom stereocenters. The number of ketones is 1. The van der Waals surface area contributed by atoms with Gasteiger partial charge in [0.15, 0.2) is 23.2 Å². The number of carbonyl (C=O) groups is 1. The molecule has 0 saturated carbocycles. The number of rotatable bonds is 2. The minimum atomic E-state index is -1.59. The van der Waals surface area contributed by atoms with E-state index < -0.39 is 29.2 Å². The molecule has 108 valence electrons. The number of hydrogen-bond acceptors (Lipinski definition) is 1. The van der Waals surface area contributed by atoms with Crippen LogP contribution in [-0.4, -0.2) is 5.78 Å². The first-order valence-corrected chi connectivity index (χ1v) is 6.85. The first-order chi connectivity index (χ1) is 10.1. The van der Waals surface area contributed by atoms with Crippen molar-refractivity contribution >= 4 is 5.78 Å². The quantitative estimate of drug-likeness (QED) is 0.591. The Labute approximate surface area is 120 Å². The topological polar surface area (TPSA) is 17.1 Å². The Balaban J connectivity index is 2.03. The highest BCUT2D eigenvalue weighted by atomic mass is 19.2. The van der Waals surface area contributed by atoms with E-state index in [-0.39, 0.29) is 5.56 Å². The Morgan fingerprint density at radius 3 is 2.57 bits per heavy atom. The second kappa shape index (κ2) is 5.35. The highest BCUT2D eigenvalue weighted by molar-refractivity contribution is 6.01. The number of hydrogen-bond donors (Lipinski definition) is 0. The van der Waals surface area contributed by atoms with Crippen molar-refractivity contribution in [3.63, 3.8) is 0 Å². The summed E-state index contributed by atoms with van der Waals surface area (Å²) in [4.78, 5) is 12.5. The van der Waals surface area contributed by atoms with Crippen molar-refractivity contribution in [2.24, 2.45) is 0 Å². The van der Waals surface area contributed by atoms with Gasteiger partial charge in [0.25, 0.3) is 0 Å². The van der Waals surface area contributed by atoms with Crippen LogP contribution in [0.3, 0.4) is 0 Å². The summed E-state index contributed by atoms with van der Waals surface area (Å²) in [7, 11) is 0. The van der Waals surface area contributed by atoms with Crippen LogP contribution in [0, 0.1) is 17.5 Å². The molecule has 0 radical (unpaired) electrons. The molecule has 1 nitrogen and oxygen atoms in total. The van der Waals surface area contributed by atoms with E-state index in [9.17, 15) is 18.0 Å². The summed E-state index contributed by atoms with van der Waals surface area (Å²) in [6.07, 6.45) is 2.28. The minimum absolute atomic E-state index is 0.379. The van der Waals surface area contributed by atoms with Crippen LogP contribution in [0.25, 0.3) is 0 Å². The molecule has 4 heteroatoms. The molecule has 0 aliphatic heterocycles. The largest absolute Gasteiger partial charge is 0.293 e. The molecule has 1 unspecified atom stereocenters. The molecular weight excluding hydrogens is 277 g/mol. The number of benzene rings is 2. The predicted octanol–water partition coefficient (Wildman–Crippen LogP) is 4.41. The molecule has 0 spiro atoms. The zero-order valence-electron chi connectivity index (χ0n) is 11.2. The molecule has 3 rings (SSSR count). The van der Waals surface area contributed by atoms with Crippen molar-refractivity contribution in [3.05, 3.63) is 70.5 Å². The lowest BCUT2D eigenvalue weighted by atomic mass is 9.79. The first-order valence-electron chi connectivity index (χ1n) is 6.85. The fraction of sp³-hybridized carbons (Fsp3) is 0.235. The van der Waals surface area contributed by atoms with E-state index >= 15 is 0 Å². The van der Waals surface area contributed by atoms with Gasteiger partial charge in [0.2, 0.25) is 0 Å². The maximum absolute atomic E-state index is 13.8. The SMILES string of the molecule is O=C(c1ccc(F)c(F)c1F)C1CCCc2ccccc21. The van der Waals surface area contributed by atoms with Crippen LogP contribution in [0.4, 0.5) is 13.2 Å². The minimum Gasteiger partial charge on any atom is -0.293 e. The summed E-state index contributed by atoms with van der Waals surface area (Å²) in [6, 6.07) is 9.31. The fourth-order valence-electron chi connectivity index (χ4n) is 2.93. The number of carbonyl (C=O) groups excluding carboxylic acids is 1. The van der Waals surface area contributed by atoms with Gasteiger partial charge in [0.1, 0.15) is 0 Å². The number of Topliss-reactive ketones (excluding diaryl/α,β-unsaturated/α-hetero) is 1. The summed E-state index contributed by atoms with van der Waals surface area (Å²) < 4.78 is 40.1. The van der Waals surface area contributed by atoms with Gasteiger partial charge in [-0.25, -0.2) is 13.2 Å². The van der Waals surface area contributed by atoms with Gasteiger partial charge >= 0.3 is 0 Å². The maximum Gasteiger partial charge on any atom is 0.195 e. The third-order valence-electron chi connectivity index (χ3n) is 3.99. The highest BCUT2D eigenvalue weighted by Crippen LogP contribution is 2.34. The molecule has 1 aliphatic carbocycles. The van der Waals surface area contributed by atoms with Crippen molar-refractivity contribution < 1.29 is 18.0 Å². The molecule has 0 heterocycles. The van der Waals surface area contributed by atoms with E-state index in [0.717, 1.165) is 36.1 Å². The molecule has 0 fully saturated rings. The third-order valence-corrected chi connectivity index (χ3v) is 3.99. The lowest BCUT2D eigenvalue weighted by Crippen LogP contribution is -2.20. The predicted molar refractivity (Wildman–Crippen MR) is 72.8 cm³/mol. The Hall–Kier alpha value is -2.10. The van der Waals surface area contributed by atoms with E-state index in [4.69, 9.17) is 0 Å². The zero-order valence-corrected chi connectivity index (χ0v) is 11.2. The van der Waals surface area contributed by atoms with Crippen LogP contribution >= 0.6 is 0 Å². The molecule has 2 aromatic rings. The van der Waals surface area contributed by atoms with Crippen LogP contribution in [0.5, 0.6) is 0 Å². The summed E-state index contributed by atoms with van der Waals surface area (Å²) in [5, 5.41) is 0. The molecule has 0 amide bonds. The third kappa shape index (κ3) is 2.35. The van der Waals surface area contributed by atoms with Gasteiger partial charge in [-0.15, -0.1) is 0 Å². The molecule has 0 bridgehead atoms. The van der Waals surface area contributed by atoms with Crippen molar-refractivity contribution in [2.45, 2.75) is 25.2 Å². The van der Waals surface area contributed by atoms with Gasteiger partial charge in [-0.2, -0.15) is 0 Å². The Morgan fingerprint density at radius 1 is 1.00 bits per heavy atom. The van der Waals surface area contributed by atoms with Gasteiger partial charge in [0.05, 0.1) is 5.56 Å². The number of halogens is 3. The van der Waals surface area contributed by atoms with E-state index in [2.05, 4.69) is 0 Å². The van der Waals surface area contributed by atoms with Gasteiger partial charge in [0, 0.05) is 5.92 Å². The Bertz CT molecular complexity index is 709. The zero-order chi connectivity index (χ0) is 15.0. The Kier molecular flexibility index (Phi) is 3.53. The lowest BCUT2D eigenvalue weighted by molar-refractivity contribution is 0.0945. The summed E-state index contributed by atoms with van der Waals surface area (Å²) in [6.45, 7) is 0. The fourth-order valence-corrected chi connectivity index (χ4v) is 2.93. The Morgan fingerprint density at radius 2 is 1.76 bits per heavy atom. The molecule has 2 aromatic carbocycles. The van der Waals surface area contributed by atoms with Gasteiger partial charge in [-0.1, -0.05) is 24.3 Å². The number of aryl methyl sites for hydroxylation is 1. The van der Waals surface area contributed by atoms with E-state index in [1.54, 1.807) is 0 Å². The molecule has 0 aromatic heterocycles. The summed E-state index contributed by atoms with van der Waals surface area (Å²) in [5.74, 6) is -5.26. The second-order valence-electron chi connectivity index (χ2n) is 5.23. The number of fused-ring (bicyclic) bond motifs is 1. The maximum atomic E-state index is 13.8. The highest BCUT2D eigenvalue weighted by Gasteiger charge is 2.30. The van der Waals surface area contributed by atoms with Gasteiger partial charge in [-0.05, 0) is 42.5 Å². The first kappa shape index (κ1) is 13.9. The van der Waals surface area contributed by atoms with Crippen LogP contribution in [0.1, 0.15) is 40.2 Å². The molecular formula is C17H13F3O. The molecule has 0 N–H and O–H groups in total. The van der Waals surface area contributed by atoms with Crippen molar-refractivity contribution in [2.75, 3.05) is 0 Å². The molecule has 21 heavy (non-hydrogen) atoms. The monoisotopic (exact) mass is 290 g/mol. The van der Waals surface area contributed by atoms with E-state index in [0.29, 0.717) is 6.42 Å². The second-order valence-corrected chi connectivity index (χ2v) is 5.23. The van der Waals surface area contributed by atoms with Crippen LogP contribution in [0.15, 0.2) is 36.4 Å². The average Bonchev–Trinajstić information content (AvgIpc) is 2.51. The normalized spacial score (nSPS) is 17.4. The standard InChI is InChI=1S/C17H13F3O/c18-14-9-8-13(15(19)16(14)20)17(21)12-7-3-5-10-4-1-2-6-11(10)12/h1-2,4,6,8-9,12H,3,5,7H2. The smallest absolute Gasteiger partial charge is 0.195 e. The van der Waals surface area contributed by atoms with Gasteiger partial charge < -0.3 is 0 Å². The van der Waals surface area contributed by atoms with Crippen molar-refractivity contribution in [1.82, 2.24) is 0 Å².